The predicted octanol–water partition coefficient (Wildman–Crippen LogP) is 2.49. The molecule has 0 aliphatic carbocycles. The molecule has 3 heterocycles. The van der Waals surface area contributed by atoms with Gasteiger partial charge >= 0.3 is 0 Å². The lowest BCUT2D eigenvalue weighted by Crippen LogP contribution is -2.49. The maximum Gasteiger partial charge on any atom is 0.289 e. The van der Waals surface area contributed by atoms with Gasteiger partial charge in [0.1, 0.15) is 12.1 Å². The van der Waals surface area contributed by atoms with Crippen LogP contribution in [0, 0.1) is 6.92 Å². The van der Waals surface area contributed by atoms with Crippen molar-refractivity contribution >= 4 is 22.6 Å². The number of amides is 1. The third-order valence-electron chi connectivity index (χ3n) is 4.37. The number of hydrogen-bond donors (Lipinski definition) is 0. The van der Waals surface area contributed by atoms with Crippen LogP contribution in [0.4, 0.5) is 5.82 Å². The van der Waals surface area contributed by atoms with Gasteiger partial charge in [0.05, 0.1) is 11.8 Å². The summed E-state index contributed by atoms with van der Waals surface area (Å²) in [6.07, 6.45) is 3.13. The molecule has 1 aliphatic rings. The van der Waals surface area contributed by atoms with E-state index in [4.69, 9.17) is 4.42 Å². The van der Waals surface area contributed by atoms with E-state index in [1.807, 2.05) is 11.0 Å². The van der Waals surface area contributed by atoms with E-state index < -0.39 is 0 Å². The van der Waals surface area contributed by atoms with Gasteiger partial charge in [0.2, 0.25) is 0 Å². The van der Waals surface area contributed by atoms with Gasteiger partial charge in [-0.15, -0.1) is 0 Å². The van der Waals surface area contributed by atoms with Crippen molar-refractivity contribution in [2.24, 2.45) is 0 Å². The monoisotopic (exact) mass is 322 g/mol. The van der Waals surface area contributed by atoms with Crippen LogP contribution in [0.2, 0.25) is 0 Å². The molecule has 24 heavy (non-hydrogen) atoms. The van der Waals surface area contributed by atoms with E-state index in [1.165, 1.54) is 11.8 Å². The smallest absolute Gasteiger partial charge is 0.289 e. The Labute approximate surface area is 139 Å². The molecule has 1 amide bonds. The van der Waals surface area contributed by atoms with E-state index in [0.29, 0.717) is 18.8 Å². The molecule has 0 unspecified atom stereocenters. The number of nitrogens with zero attached hydrogens (tertiary/aromatic N) is 4. The molecule has 0 saturated carbocycles. The summed E-state index contributed by atoms with van der Waals surface area (Å²) in [5, 5.41) is 1.06. The number of benzene rings is 1. The number of aromatic nitrogens is 2. The van der Waals surface area contributed by atoms with Crippen LogP contribution in [-0.4, -0.2) is 47.0 Å². The topological polar surface area (TPSA) is 62.5 Å². The van der Waals surface area contributed by atoms with Gasteiger partial charge in [0.15, 0.2) is 5.76 Å². The molecular weight excluding hydrogens is 304 g/mol. The van der Waals surface area contributed by atoms with Crippen LogP contribution >= 0.6 is 0 Å². The lowest BCUT2D eigenvalue weighted by atomic mass is 10.1. The molecule has 0 atom stereocenters. The average Bonchev–Trinajstić information content (AvgIpc) is 3.15. The Morgan fingerprint density at radius 1 is 1.12 bits per heavy atom. The van der Waals surface area contributed by atoms with Crippen LogP contribution in [0.25, 0.3) is 10.9 Å². The van der Waals surface area contributed by atoms with Gasteiger partial charge in [-0.1, -0.05) is 11.6 Å². The lowest BCUT2D eigenvalue weighted by molar-refractivity contribution is 0.0714. The summed E-state index contributed by atoms with van der Waals surface area (Å²) >= 11 is 0. The van der Waals surface area contributed by atoms with Crippen molar-refractivity contribution in [3.05, 3.63) is 54.2 Å². The Morgan fingerprint density at radius 3 is 2.71 bits per heavy atom. The van der Waals surface area contributed by atoms with Crippen LogP contribution < -0.4 is 4.90 Å². The zero-order valence-electron chi connectivity index (χ0n) is 13.5. The molecule has 3 aromatic rings. The Kier molecular flexibility index (Phi) is 3.65. The molecule has 0 N–H and O–H groups in total. The molecule has 1 aromatic carbocycles. The van der Waals surface area contributed by atoms with E-state index in [9.17, 15) is 4.79 Å². The number of rotatable bonds is 2. The standard InChI is InChI=1S/C18H18N4O2/c1-13-4-5-15-14(11-13)17(20-12-19-15)21-6-8-22(9-7-21)18(23)16-3-2-10-24-16/h2-5,10-12H,6-9H2,1H3. The molecule has 0 spiro atoms. The van der Waals surface area contributed by atoms with E-state index >= 15 is 0 Å². The van der Waals surface area contributed by atoms with Gasteiger partial charge in [-0.25, -0.2) is 9.97 Å². The zero-order valence-corrected chi connectivity index (χ0v) is 13.5. The molecule has 6 nitrogen and oxygen atoms in total. The first-order chi connectivity index (χ1) is 11.7. The van der Waals surface area contributed by atoms with Crippen molar-refractivity contribution in [3.63, 3.8) is 0 Å². The van der Waals surface area contributed by atoms with Gasteiger partial charge in [0, 0.05) is 31.6 Å². The highest BCUT2D eigenvalue weighted by atomic mass is 16.3. The van der Waals surface area contributed by atoms with E-state index in [0.717, 1.165) is 29.8 Å². The number of hydrogen-bond acceptors (Lipinski definition) is 5. The Balaban J connectivity index is 1.54. The summed E-state index contributed by atoms with van der Waals surface area (Å²) in [5.74, 6) is 1.28. The third-order valence-corrected chi connectivity index (χ3v) is 4.37. The van der Waals surface area contributed by atoms with E-state index in [2.05, 4.69) is 33.9 Å². The Hall–Kier alpha value is -2.89. The molecule has 1 saturated heterocycles. The van der Waals surface area contributed by atoms with Crippen molar-refractivity contribution in [2.75, 3.05) is 31.1 Å². The highest BCUT2D eigenvalue weighted by Crippen LogP contribution is 2.25. The number of furan rings is 1. The molecule has 0 bridgehead atoms. The second kappa shape index (κ2) is 5.96. The highest BCUT2D eigenvalue weighted by Gasteiger charge is 2.25. The van der Waals surface area contributed by atoms with Crippen LogP contribution in [0.5, 0.6) is 0 Å². The summed E-state index contributed by atoms with van der Waals surface area (Å²) in [6.45, 7) is 4.85. The molecule has 1 fully saturated rings. The minimum absolute atomic E-state index is 0.0527. The number of anilines is 1. The fourth-order valence-corrected chi connectivity index (χ4v) is 3.09. The van der Waals surface area contributed by atoms with E-state index in [-0.39, 0.29) is 5.91 Å². The number of aryl methyl sites for hydroxylation is 1. The first-order valence-electron chi connectivity index (χ1n) is 8.01. The molecule has 1 aliphatic heterocycles. The van der Waals surface area contributed by atoms with Crippen molar-refractivity contribution in [2.45, 2.75) is 6.92 Å². The average molecular weight is 322 g/mol. The summed E-state index contributed by atoms with van der Waals surface area (Å²) in [5.41, 5.74) is 2.13. The van der Waals surface area contributed by atoms with Crippen molar-refractivity contribution in [1.82, 2.24) is 14.9 Å². The summed E-state index contributed by atoms with van der Waals surface area (Å²) in [4.78, 5) is 25.2. The fourth-order valence-electron chi connectivity index (χ4n) is 3.09. The van der Waals surface area contributed by atoms with Gasteiger partial charge in [-0.3, -0.25) is 4.79 Å². The Morgan fingerprint density at radius 2 is 1.96 bits per heavy atom. The second-order valence-electron chi connectivity index (χ2n) is 5.97. The first kappa shape index (κ1) is 14.7. The number of fused-ring (bicyclic) bond motifs is 1. The van der Waals surface area contributed by atoms with Gasteiger partial charge in [0.25, 0.3) is 5.91 Å². The molecule has 6 heteroatoms. The first-order valence-corrected chi connectivity index (χ1v) is 8.01. The number of carbonyl (C=O) groups excluding carboxylic acids is 1. The molecule has 2 aromatic heterocycles. The normalized spacial score (nSPS) is 15.0. The Bertz CT molecular complexity index is 868. The van der Waals surface area contributed by atoms with Crippen LogP contribution in [0.15, 0.2) is 47.3 Å². The SMILES string of the molecule is Cc1ccc2ncnc(N3CCN(C(=O)c4ccco4)CC3)c2c1. The van der Waals surface area contributed by atoms with Crippen molar-refractivity contribution in [1.29, 1.82) is 0 Å². The van der Waals surface area contributed by atoms with Gasteiger partial charge in [-0.05, 0) is 31.2 Å². The fraction of sp³-hybridized carbons (Fsp3) is 0.278. The minimum Gasteiger partial charge on any atom is -0.459 e. The molecule has 0 radical (unpaired) electrons. The van der Waals surface area contributed by atoms with E-state index in [1.54, 1.807) is 18.5 Å². The summed E-state index contributed by atoms with van der Waals surface area (Å²) < 4.78 is 5.21. The largest absolute Gasteiger partial charge is 0.459 e. The summed E-state index contributed by atoms with van der Waals surface area (Å²) in [7, 11) is 0. The maximum atomic E-state index is 12.3. The molecule has 122 valence electrons. The third kappa shape index (κ3) is 2.60. The highest BCUT2D eigenvalue weighted by molar-refractivity contribution is 5.92. The summed E-state index contributed by atoms with van der Waals surface area (Å²) in [6, 6.07) is 9.63. The van der Waals surface area contributed by atoms with Crippen LogP contribution in [0.3, 0.4) is 0 Å². The quantitative estimate of drug-likeness (QED) is 0.725. The van der Waals surface area contributed by atoms with Crippen LogP contribution in [-0.2, 0) is 0 Å². The minimum atomic E-state index is -0.0527. The number of carbonyl (C=O) groups is 1. The van der Waals surface area contributed by atoms with Crippen LogP contribution in [0.1, 0.15) is 16.1 Å². The lowest BCUT2D eigenvalue weighted by Gasteiger charge is -2.35. The zero-order chi connectivity index (χ0) is 16.5. The second-order valence-corrected chi connectivity index (χ2v) is 5.97. The van der Waals surface area contributed by atoms with Crippen molar-refractivity contribution < 1.29 is 9.21 Å². The van der Waals surface area contributed by atoms with Gasteiger partial charge < -0.3 is 14.2 Å². The molecular formula is C18H18N4O2. The molecule has 4 rings (SSSR count). The maximum absolute atomic E-state index is 12.3. The van der Waals surface area contributed by atoms with Gasteiger partial charge in [-0.2, -0.15) is 0 Å². The van der Waals surface area contributed by atoms with Crippen molar-refractivity contribution in [3.8, 4) is 0 Å². The predicted molar refractivity (Wildman–Crippen MR) is 91.1 cm³/mol. The number of piperazine rings is 1.